The van der Waals surface area contributed by atoms with Crippen LogP contribution in [0, 0.1) is 61.7 Å². The highest BCUT2D eigenvalue weighted by Crippen LogP contribution is 2.57. The summed E-state index contributed by atoms with van der Waals surface area (Å²) in [6.07, 6.45) is 39.0. The second-order valence-corrected chi connectivity index (χ2v) is 30.7. The van der Waals surface area contributed by atoms with E-state index >= 15 is 0 Å². The number of halogens is 2. The highest BCUT2D eigenvalue weighted by atomic mass is 127. The number of allylic oxidation sites excluding steroid dienone is 5. The summed E-state index contributed by atoms with van der Waals surface area (Å²) in [6, 6.07) is 0. The average Bonchev–Trinajstić information content (AvgIpc) is 1.56. The van der Waals surface area contributed by atoms with E-state index in [0.717, 1.165) is 99.1 Å². The maximum absolute atomic E-state index is 12.4. The number of amides is 5. The molecule has 0 aromatic heterocycles. The first-order valence-electron chi connectivity index (χ1n) is 36.0. The SMILES string of the molecule is C#C[C@@]1(O)[C@H](O)[C@@H](CI)O[C@H]1N1C=CC(=O)CC1=O.C#C[C@@]1(O)[C@H](O)[C@@H](CO)O[C@H]1N1C=CC(=O)CC1=O.C#C[C@@]12OC3(CCCC3)O[C@@H]1[C@@H](CC)O[C@H]2N1C=CC(=O)CC1=O.C#C[C@@]12OC3(CCCC3)O[C@@H]1[C@@H](CI)O[C@H]2N1C=CC(=O)CC1=O.C#C[C@@]12OC3(CCCC3)O[C@@H]1[C@@H](CO)O[C@H]2N1C=CC(=O)CC1=O. The molecule has 0 aromatic rings. The minimum absolute atomic E-state index is 0.176. The quantitative estimate of drug-likeness (QED) is 0.0727. The van der Waals surface area contributed by atoms with Crippen molar-refractivity contribution in [2.45, 2.75) is 260 Å². The fraction of sp³-hybridized carbons (Fsp3) is 0.605. The number of hydrogen-bond donors (Lipinski definition) is 6. The van der Waals surface area contributed by atoms with Gasteiger partial charge in [0.15, 0.2) is 88.6 Å². The summed E-state index contributed by atoms with van der Waals surface area (Å²) in [5.41, 5.74) is -7.70. The van der Waals surface area contributed by atoms with E-state index in [1.165, 1.54) is 63.8 Å². The molecule has 3 spiro atoms. The number of nitrogens with zero attached hydrogens (tertiary/aromatic N) is 5. The Morgan fingerprint density at radius 1 is 0.391 bits per heavy atom. The standard InChI is InChI=1S/C18H21NO5.C17H18INO5.C17H19NO6.C12H12INO5.C12H13NO6/c1-3-13-15-18(4-2,24-17(23-15)8-5-6-9-17)16(22-13)19-10-7-12(20)11-14(19)21;1-2-17-14(23-16(24-17)6-3-4-7-16)12(10-18)22-15(17)19-8-5-11(20)9-13(19)21;1-2-17-14(23-16(24-17)6-3-4-7-16)12(10-19)22-15(17)18-8-5-11(20)9-13(18)21;1-2-12(18)10(17)8(6-13)19-11(12)14-4-3-7(15)5-9(14)16;1-2-12(18)10(17)8(6-14)19-11(12)13-4-3-7(15)5-9(13)16/h2,7,10,13,15-16H,3,5-6,8-9,11H2,1H3;1,5,8,12,14-15H,3-4,6-7,9-10H2;1,5,8,12,14-15,19H,3-4,6-7,9-10H2;1,3-4,8,10-11,17-18H,5-6H2;1,3-4,8,10-11,14,17-18H,5-6H2/t13-,15-,16-,18-;2*12-,14-,15-,17-;2*8-,10-,11-,12-/m11111/s1. The molecule has 11 fully saturated rings. The first-order chi connectivity index (χ1) is 52.5. The lowest BCUT2D eigenvalue weighted by molar-refractivity contribution is -0.230. The summed E-state index contributed by atoms with van der Waals surface area (Å²) in [6.45, 7) is 1.13. The Balaban J connectivity index is 0.000000129. The average molecular weight is 1750 g/mol. The smallest absolute Gasteiger partial charge is 0.236 e. The number of aliphatic hydroxyl groups is 6. The summed E-state index contributed by atoms with van der Waals surface area (Å²) in [5.74, 6) is 6.54. The van der Waals surface area contributed by atoms with Crippen LogP contribution in [0.25, 0.3) is 0 Å². The highest BCUT2D eigenvalue weighted by Gasteiger charge is 2.73. The van der Waals surface area contributed by atoms with Gasteiger partial charge in [0.1, 0.15) is 42.7 Å². The topological polar surface area (TPSA) is 410 Å². The van der Waals surface area contributed by atoms with Crippen molar-refractivity contribution in [3.05, 3.63) is 61.4 Å². The van der Waals surface area contributed by atoms with Crippen molar-refractivity contribution in [2.75, 3.05) is 22.1 Å². The molecule has 8 saturated heterocycles. The molecule has 110 heavy (non-hydrogen) atoms. The maximum Gasteiger partial charge on any atom is 0.236 e. The molecule has 0 aromatic carbocycles. The molecular formula is C76H83I2N5O27. The van der Waals surface area contributed by atoms with Gasteiger partial charge in [0.25, 0.3) is 0 Å². The van der Waals surface area contributed by atoms with Crippen LogP contribution in [0.1, 0.15) is 122 Å². The maximum atomic E-state index is 12.4. The number of ether oxygens (including phenoxy) is 11. The van der Waals surface area contributed by atoms with Crippen LogP contribution < -0.4 is 0 Å². The summed E-state index contributed by atoms with van der Waals surface area (Å²) in [7, 11) is 0. The van der Waals surface area contributed by atoms with Gasteiger partial charge in [-0.2, -0.15) is 0 Å². The van der Waals surface area contributed by atoms with Crippen molar-refractivity contribution in [2.24, 2.45) is 0 Å². The predicted octanol–water partition coefficient (Wildman–Crippen LogP) is 0.0201. The van der Waals surface area contributed by atoms with Crippen molar-refractivity contribution in [1.29, 1.82) is 0 Å². The predicted molar refractivity (Wildman–Crippen MR) is 389 cm³/mol. The largest absolute Gasteiger partial charge is 0.394 e. The Bertz CT molecular complexity index is 3740. The second-order valence-electron chi connectivity index (χ2n) is 28.9. The van der Waals surface area contributed by atoms with Crippen molar-refractivity contribution >= 4 is 104 Å². The van der Waals surface area contributed by atoms with Gasteiger partial charge >= 0.3 is 0 Å². The fourth-order valence-corrected chi connectivity index (χ4v) is 17.9. The third-order valence-corrected chi connectivity index (χ3v) is 23.8. The molecular weight excluding hydrogens is 1670 g/mol. The van der Waals surface area contributed by atoms with Crippen molar-refractivity contribution < 1.29 is 131 Å². The van der Waals surface area contributed by atoms with Crippen LogP contribution in [-0.4, -0.2) is 273 Å². The van der Waals surface area contributed by atoms with E-state index < -0.39 is 150 Å². The summed E-state index contributed by atoms with van der Waals surface area (Å²) >= 11 is 4.21. The van der Waals surface area contributed by atoms with E-state index in [2.05, 4.69) is 46.3 Å². The molecule has 20 atom stereocenters. The molecule has 5 amide bonds. The van der Waals surface area contributed by atoms with E-state index in [0.29, 0.717) is 15.3 Å². The molecule has 13 heterocycles. The van der Waals surface area contributed by atoms with Gasteiger partial charge in [-0.05, 0) is 75.3 Å². The van der Waals surface area contributed by atoms with Crippen molar-refractivity contribution in [3.63, 3.8) is 0 Å². The number of ketones is 5. The van der Waals surface area contributed by atoms with E-state index in [1.54, 1.807) is 0 Å². The number of hydrogen-bond acceptors (Lipinski definition) is 27. The van der Waals surface area contributed by atoms with Crippen molar-refractivity contribution in [1.82, 2.24) is 24.5 Å². The number of fused-ring (bicyclic) bond motifs is 3. The number of carbonyl (C=O) groups is 10. The fourth-order valence-electron chi connectivity index (χ4n) is 16.6. The molecule has 3 aliphatic carbocycles. The zero-order chi connectivity index (χ0) is 79.3. The zero-order valence-corrected chi connectivity index (χ0v) is 63.9. The van der Waals surface area contributed by atoms with Gasteiger partial charge in [0.2, 0.25) is 46.3 Å². The molecule has 0 radical (unpaired) electrons. The van der Waals surface area contributed by atoms with E-state index in [-0.39, 0.29) is 91.6 Å². The van der Waals surface area contributed by atoms with Gasteiger partial charge in [-0.15, -0.1) is 32.1 Å². The van der Waals surface area contributed by atoms with Crippen LogP contribution in [0.15, 0.2) is 61.4 Å². The zero-order valence-electron chi connectivity index (χ0n) is 59.6. The molecule has 16 aliphatic rings. The molecule has 3 saturated carbocycles. The lowest BCUT2D eigenvalue weighted by atomic mass is 9.93. The first kappa shape index (κ1) is 82.4. The summed E-state index contributed by atoms with van der Waals surface area (Å²) in [5, 5.41) is 59.1. The molecule has 0 unspecified atom stereocenters. The lowest BCUT2D eigenvalue weighted by Gasteiger charge is -2.36. The van der Waals surface area contributed by atoms with E-state index in [9.17, 15) is 73.5 Å². The first-order valence-corrected chi connectivity index (χ1v) is 39.1. The van der Waals surface area contributed by atoms with Crippen molar-refractivity contribution in [3.8, 4) is 61.7 Å². The molecule has 6 N–H and O–H groups in total. The molecule has 16 rings (SSSR count). The van der Waals surface area contributed by atoms with Gasteiger partial charge in [0.05, 0.1) is 63.6 Å². The van der Waals surface area contributed by atoms with Crippen LogP contribution in [0.5, 0.6) is 0 Å². The third kappa shape index (κ3) is 14.6. The summed E-state index contributed by atoms with van der Waals surface area (Å²) in [4.78, 5) is 123. The van der Waals surface area contributed by atoms with E-state index in [1.807, 2.05) is 35.4 Å². The van der Waals surface area contributed by atoms with Crippen LogP contribution >= 0.6 is 45.2 Å². The normalized spacial score (nSPS) is 39.7. The minimum Gasteiger partial charge on any atom is -0.394 e. The number of terminal acetylenes is 5. The van der Waals surface area contributed by atoms with Gasteiger partial charge in [-0.25, -0.2) is 0 Å². The molecule has 34 heteroatoms. The number of aliphatic hydroxyl groups excluding tert-OH is 4. The Morgan fingerprint density at radius 3 is 0.918 bits per heavy atom. The highest BCUT2D eigenvalue weighted by molar-refractivity contribution is 14.1. The second kappa shape index (κ2) is 32.5. The summed E-state index contributed by atoms with van der Waals surface area (Å²) < 4.78 is 67.4. The lowest BCUT2D eigenvalue weighted by Crippen LogP contribution is -2.55. The number of carbonyl (C=O) groups excluding carboxylic acids is 10. The van der Waals surface area contributed by atoms with Gasteiger partial charge < -0.3 is 82.7 Å². The Morgan fingerprint density at radius 2 is 0.645 bits per heavy atom. The minimum atomic E-state index is -2.15. The number of alkyl halides is 2. The molecule has 32 nitrogen and oxygen atoms in total. The van der Waals surface area contributed by atoms with Gasteiger partial charge in [-0.3, -0.25) is 72.4 Å². The molecule has 13 aliphatic heterocycles. The van der Waals surface area contributed by atoms with Crippen LogP contribution in [-0.2, 0) is 100 Å². The van der Waals surface area contributed by atoms with Crippen LogP contribution in [0.4, 0.5) is 0 Å². The molecule has 588 valence electrons. The number of rotatable bonds is 10. The van der Waals surface area contributed by atoms with Crippen LogP contribution in [0.3, 0.4) is 0 Å². The third-order valence-electron chi connectivity index (χ3n) is 22.1. The van der Waals surface area contributed by atoms with Gasteiger partial charge in [0, 0.05) is 78.4 Å². The molecule has 0 bridgehead atoms. The Kier molecular flexibility index (Phi) is 24.3. The monoisotopic (exact) mass is 1750 g/mol. The van der Waals surface area contributed by atoms with E-state index in [4.69, 9.17) is 89.3 Å². The Hall–Kier alpha value is -7.02. The van der Waals surface area contributed by atoms with Crippen LogP contribution in [0.2, 0.25) is 0 Å². The Labute approximate surface area is 660 Å². The van der Waals surface area contributed by atoms with Gasteiger partial charge in [-0.1, -0.05) is 81.7 Å².